The molecule has 1 aromatic rings. The summed E-state index contributed by atoms with van der Waals surface area (Å²) in [7, 11) is 0. The summed E-state index contributed by atoms with van der Waals surface area (Å²) in [6, 6.07) is 5.30. The molecular weight excluding hydrogens is 269 g/mol. The number of nitrogens with zero attached hydrogens (tertiary/aromatic N) is 2. The minimum Gasteiger partial charge on any atom is -0.390 e. The van der Waals surface area contributed by atoms with Gasteiger partial charge in [-0.05, 0) is 38.0 Å². The summed E-state index contributed by atoms with van der Waals surface area (Å²) in [6.07, 6.45) is -3.52. The standard InChI is InChI=1S/C14H15F3N2O/c1-13(20)4-6-19(7-5-13)11-3-2-10(9-18)12(8-11)14(15,16)17/h2-3,8,20H,4-7H2,1H3. The molecule has 108 valence electrons. The lowest BCUT2D eigenvalue weighted by atomic mass is 9.93. The average Bonchev–Trinajstić information content (AvgIpc) is 2.37. The first-order valence-corrected chi connectivity index (χ1v) is 6.32. The van der Waals surface area contributed by atoms with Crippen molar-refractivity contribution in [1.29, 1.82) is 5.26 Å². The van der Waals surface area contributed by atoms with E-state index in [1.165, 1.54) is 12.1 Å². The highest BCUT2D eigenvalue weighted by molar-refractivity contribution is 5.55. The Balaban J connectivity index is 2.29. The largest absolute Gasteiger partial charge is 0.417 e. The molecule has 0 aliphatic carbocycles. The topological polar surface area (TPSA) is 47.3 Å². The Labute approximate surface area is 115 Å². The number of benzene rings is 1. The van der Waals surface area contributed by atoms with Crippen LogP contribution >= 0.6 is 0 Å². The third kappa shape index (κ3) is 3.05. The molecule has 1 aliphatic heterocycles. The van der Waals surface area contributed by atoms with Crippen molar-refractivity contribution in [1.82, 2.24) is 0 Å². The monoisotopic (exact) mass is 284 g/mol. The van der Waals surface area contributed by atoms with Gasteiger partial charge < -0.3 is 10.0 Å². The lowest BCUT2D eigenvalue weighted by Crippen LogP contribution is -2.42. The van der Waals surface area contributed by atoms with Crippen LogP contribution in [0.3, 0.4) is 0 Å². The number of hydrogen-bond donors (Lipinski definition) is 1. The van der Waals surface area contributed by atoms with Crippen LogP contribution in [0.15, 0.2) is 18.2 Å². The molecule has 0 amide bonds. The highest BCUT2D eigenvalue weighted by Crippen LogP contribution is 2.35. The van der Waals surface area contributed by atoms with Crippen molar-refractivity contribution in [2.24, 2.45) is 0 Å². The molecule has 1 heterocycles. The fourth-order valence-electron chi connectivity index (χ4n) is 2.31. The van der Waals surface area contributed by atoms with Crippen molar-refractivity contribution in [3.8, 4) is 6.07 Å². The zero-order valence-electron chi connectivity index (χ0n) is 11.0. The van der Waals surface area contributed by atoms with Gasteiger partial charge in [-0.25, -0.2) is 0 Å². The van der Waals surface area contributed by atoms with E-state index >= 15 is 0 Å². The van der Waals surface area contributed by atoms with Crippen molar-refractivity contribution >= 4 is 5.69 Å². The molecular formula is C14H15F3N2O. The Morgan fingerprint density at radius 1 is 1.30 bits per heavy atom. The zero-order valence-corrected chi connectivity index (χ0v) is 11.0. The number of piperidine rings is 1. The summed E-state index contributed by atoms with van der Waals surface area (Å²) in [6.45, 7) is 2.72. The van der Waals surface area contributed by atoms with Crippen LogP contribution in [0.2, 0.25) is 0 Å². The third-order valence-corrected chi connectivity index (χ3v) is 3.63. The number of aliphatic hydroxyl groups is 1. The van der Waals surface area contributed by atoms with Crippen molar-refractivity contribution in [2.75, 3.05) is 18.0 Å². The summed E-state index contributed by atoms with van der Waals surface area (Å²) in [5.41, 5.74) is -1.59. The van der Waals surface area contributed by atoms with E-state index in [0.29, 0.717) is 31.6 Å². The number of nitriles is 1. The van der Waals surface area contributed by atoms with Gasteiger partial charge in [-0.15, -0.1) is 0 Å². The van der Waals surface area contributed by atoms with Crippen LogP contribution < -0.4 is 4.90 Å². The molecule has 3 nitrogen and oxygen atoms in total. The number of hydrogen-bond acceptors (Lipinski definition) is 3. The van der Waals surface area contributed by atoms with E-state index in [9.17, 15) is 18.3 Å². The molecule has 0 bridgehead atoms. The maximum atomic E-state index is 12.9. The fourth-order valence-corrected chi connectivity index (χ4v) is 2.31. The minimum atomic E-state index is -4.54. The lowest BCUT2D eigenvalue weighted by Gasteiger charge is -2.37. The first-order valence-electron chi connectivity index (χ1n) is 6.32. The number of rotatable bonds is 1. The van der Waals surface area contributed by atoms with E-state index in [4.69, 9.17) is 5.26 Å². The van der Waals surface area contributed by atoms with Crippen LogP contribution in [-0.2, 0) is 6.18 Å². The van der Waals surface area contributed by atoms with Crippen LogP contribution in [0, 0.1) is 11.3 Å². The Morgan fingerprint density at radius 3 is 2.40 bits per heavy atom. The van der Waals surface area contributed by atoms with Crippen LogP contribution in [0.4, 0.5) is 18.9 Å². The van der Waals surface area contributed by atoms with Crippen molar-refractivity contribution in [3.63, 3.8) is 0 Å². The summed E-state index contributed by atoms with van der Waals surface area (Å²) in [5.74, 6) is 0. The highest BCUT2D eigenvalue weighted by Gasteiger charge is 2.35. The molecule has 0 radical (unpaired) electrons. The molecule has 0 atom stereocenters. The minimum absolute atomic E-state index is 0.370. The van der Waals surface area contributed by atoms with Crippen LogP contribution in [-0.4, -0.2) is 23.8 Å². The van der Waals surface area contributed by atoms with E-state index in [0.717, 1.165) is 6.07 Å². The van der Waals surface area contributed by atoms with Gasteiger partial charge in [-0.1, -0.05) is 0 Å². The second-order valence-corrected chi connectivity index (χ2v) is 5.32. The predicted molar refractivity (Wildman–Crippen MR) is 68.2 cm³/mol. The first kappa shape index (κ1) is 14.7. The molecule has 1 N–H and O–H groups in total. The summed E-state index contributed by atoms with van der Waals surface area (Å²) >= 11 is 0. The molecule has 0 unspecified atom stereocenters. The maximum absolute atomic E-state index is 12.9. The molecule has 0 aromatic heterocycles. The predicted octanol–water partition coefficient (Wildman–Crippen LogP) is 2.93. The highest BCUT2D eigenvalue weighted by atomic mass is 19.4. The molecule has 2 rings (SSSR count). The Hall–Kier alpha value is -1.74. The summed E-state index contributed by atoms with van der Waals surface area (Å²) in [4.78, 5) is 1.80. The van der Waals surface area contributed by atoms with E-state index in [1.54, 1.807) is 17.9 Å². The van der Waals surface area contributed by atoms with Gasteiger partial charge >= 0.3 is 6.18 Å². The smallest absolute Gasteiger partial charge is 0.390 e. The van der Waals surface area contributed by atoms with Gasteiger partial charge in [0.15, 0.2) is 0 Å². The van der Waals surface area contributed by atoms with E-state index < -0.39 is 17.3 Å². The van der Waals surface area contributed by atoms with Crippen molar-refractivity contribution in [2.45, 2.75) is 31.5 Å². The summed E-state index contributed by atoms with van der Waals surface area (Å²) < 4.78 is 38.7. The normalized spacial score (nSPS) is 18.7. The lowest BCUT2D eigenvalue weighted by molar-refractivity contribution is -0.137. The maximum Gasteiger partial charge on any atom is 0.417 e. The van der Waals surface area contributed by atoms with Crippen molar-refractivity contribution in [3.05, 3.63) is 29.3 Å². The van der Waals surface area contributed by atoms with Gasteiger partial charge in [-0.2, -0.15) is 18.4 Å². The number of alkyl halides is 3. The molecule has 1 saturated heterocycles. The molecule has 1 aromatic carbocycles. The van der Waals surface area contributed by atoms with Gasteiger partial charge in [0.05, 0.1) is 22.8 Å². The Morgan fingerprint density at radius 2 is 1.90 bits per heavy atom. The second-order valence-electron chi connectivity index (χ2n) is 5.32. The SMILES string of the molecule is CC1(O)CCN(c2ccc(C#N)c(C(F)(F)F)c2)CC1. The summed E-state index contributed by atoms with van der Waals surface area (Å²) in [5, 5.41) is 18.6. The quantitative estimate of drug-likeness (QED) is 0.862. The van der Waals surface area contributed by atoms with Gasteiger partial charge in [0.2, 0.25) is 0 Å². The Kier molecular flexibility index (Phi) is 3.65. The first-order chi connectivity index (χ1) is 9.23. The second kappa shape index (κ2) is 4.98. The third-order valence-electron chi connectivity index (χ3n) is 3.63. The molecule has 0 saturated carbocycles. The van der Waals surface area contributed by atoms with Crippen LogP contribution in [0.1, 0.15) is 30.9 Å². The van der Waals surface area contributed by atoms with Crippen LogP contribution in [0.25, 0.3) is 0 Å². The Bertz CT molecular complexity index is 536. The van der Waals surface area contributed by atoms with E-state index in [-0.39, 0.29) is 5.56 Å². The van der Waals surface area contributed by atoms with Crippen molar-refractivity contribution < 1.29 is 18.3 Å². The molecule has 0 spiro atoms. The number of halogens is 3. The van der Waals surface area contributed by atoms with Crippen LogP contribution in [0.5, 0.6) is 0 Å². The van der Waals surface area contributed by atoms with E-state index in [2.05, 4.69) is 0 Å². The number of anilines is 1. The molecule has 6 heteroatoms. The van der Waals surface area contributed by atoms with Gasteiger partial charge in [0, 0.05) is 18.8 Å². The van der Waals surface area contributed by atoms with Gasteiger partial charge in [-0.3, -0.25) is 0 Å². The molecule has 1 fully saturated rings. The molecule has 1 aliphatic rings. The zero-order chi connectivity index (χ0) is 15.0. The van der Waals surface area contributed by atoms with Gasteiger partial charge in [0.1, 0.15) is 0 Å². The van der Waals surface area contributed by atoms with Gasteiger partial charge in [0.25, 0.3) is 0 Å². The molecule has 20 heavy (non-hydrogen) atoms. The average molecular weight is 284 g/mol. The fraction of sp³-hybridized carbons (Fsp3) is 0.500. The van der Waals surface area contributed by atoms with E-state index in [1.807, 2.05) is 0 Å².